The van der Waals surface area contributed by atoms with Crippen LogP contribution in [0.1, 0.15) is 26.4 Å². The zero-order valence-corrected chi connectivity index (χ0v) is 13.6. The lowest BCUT2D eigenvalue weighted by molar-refractivity contribution is 0.0916. The van der Waals surface area contributed by atoms with E-state index in [0.29, 0.717) is 0 Å². The molecule has 0 saturated carbocycles. The van der Waals surface area contributed by atoms with E-state index in [1.165, 1.54) is 42.8 Å². The number of allylic oxidation sites excluding steroid dienone is 1. The van der Waals surface area contributed by atoms with Gasteiger partial charge in [0.25, 0.3) is 5.24 Å². The van der Waals surface area contributed by atoms with Crippen LogP contribution in [-0.4, -0.2) is 22.2 Å². The van der Waals surface area contributed by atoms with Crippen LogP contribution in [0.15, 0.2) is 53.7 Å². The van der Waals surface area contributed by atoms with Gasteiger partial charge in [0.2, 0.25) is 5.78 Å². The fourth-order valence-electron chi connectivity index (χ4n) is 2.40. The molecule has 0 spiro atoms. The molecule has 0 radical (unpaired) electrons. The third-order valence-corrected chi connectivity index (χ3v) is 4.06. The molecule has 1 unspecified atom stereocenters. The van der Waals surface area contributed by atoms with Crippen molar-refractivity contribution in [3.05, 3.63) is 76.3 Å². The normalized spacial score (nSPS) is 18.8. The van der Waals surface area contributed by atoms with E-state index in [4.69, 9.17) is 23.2 Å². The Hall–Kier alpha value is -2.37. The van der Waals surface area contributed by atoms with Gasteiger partial charge in [0.15, 0.2) is 5.54 Å². The smallest absolute Gasteiger partial charge is 0.253 e. The third kappa shape index (κ3) is 2.77. The van der Waals surface area contributed by atoms with Crippen molar-refractivity contribution in [2.75, 3.05) is 0 Å². The summed E-state index contributed by atoms with van der Waals surface area (Å²) in [4.78, 5) is 32.4. The van der Waals surface area contributed by atoms with Crippen molar-refractivity contribution in [1.29, 1.82) is 0 Å². The van der Waals surface area contributed by atoms with Crippen LogP contribution in [0.5, 0.6) is 0 Å². The summed E-state index contributed by atoms with van der Waals surface area (Å²) in [6.45, 7) is 0. The molecule has 1 aliphatic rings. The average molecular weight is 363 g/mol. The zero-order chi connectivity index (χ0) is 17.3. The van der Waals surface area contributed by atoms with Crippen LogP contribution in [0.2, 0.25) is 5.02 Å². The number of rotatable bonds is 4. The highest BCUT2D eigenvalue weighted by atomic mass is 35.5. The molecule has 4 nitrogen and oxygen atoms in total. The van der Waals surface area contributed by atoms with E-state index in [9.17, 15) is 14.0 Å². The SMILES string of the molecule is O=C(Cl)c1ccc(C2(C(=O)c3ccc(Cl)cc3F)C=CC=N2)nc1. The molecule has 7 heteroatoms. The van der Waals surface area contributed by atoms with Crippen LogP contribution in [0, 0.1) is 5.82 Å². The molecule has 0 fully saturated rings. The second-order valence-electron chi connectivity index (χ2n) is 5.06. The van der Waals surface area contributed by atoms with Crippen LogP contribution >= 0.6 is 23.2 Å². The van der Waals surface area contributed by atoms with Crippen LogP contribution in [0.3, 0.4) is 0 Å². The van der Waals surface area contributed by atoms with E-state index in [1.54, 1.807) is 6.08 Å². The molecule has 120 valence electrons. The van der Waals surface area contributed by atoms with Crippen molar-refractivity contribution in [2.24, 2.45) is 4.99 Å². The van der Waals surface area contributed by atoms with E-state index in [0.717, 1.165) is 6.07 Å². The lowest BCUT2D eigenvalue weighted by Gasteiger charge is -2.22. The summed E-state index contributed by atoms with van der Waals surface area (Å²) in [5.74, 6) is -1.32. The summed E-state index contributed by atoms with van der Waals surface area (Å²) in [5.41, 5.74) is -1.19. The maximum absolute atomic E-state index is 14.1. The Morgan fingerprint density at radius 1 is 1.17 bits per heavy atom. The number of Topliss-reactive ketones (excluding diaryl/α,β-unsaturated/α-hetero) is 1. The summed E-state index contributed by atoms with van der Waals surface area (Å²) < 4.78 is 14.1. The summed E-state index contributed by atoms with van der Waals surface area (Å²) in [5, 5.41) is -0.477. The summed E-state index contributed by atoms with van der Waals surface area (Å²) in [6.07, 6.45) is 5.79. The zero-order valence-electron chi connectivity index (χ0n) is 12.0. The minimum Gasteiger partial charge on any atom is -0.290 e. The molecule has 1 aromatic heterocycles. The standard InChI is InChI=1S/C17H9Cl2FN2O2/c18-11-3-4-12(13(20)8-11)15(23)17(6-1-7-22-17)14-5-2-10(9-21-14)16(19)24/h1-9H. The van der Waals surface area contributed by atoms with Gasteiger partial charge in [-0.3, -0.25) is 19.6 Å². The number of carbonyl (C=O) groups is 2. The monoisotopic (exact) mass is 362 g/mol. The molecular weight excluding hydrogens is 354 g/mol. The Balaban J connectivity index is 2.09. The molecule has 0 N–H and O–H groups in total. The van der Waals surface area contributed by atoms with Gasteiger partial charge >= 0.3 is 0 Å². The molecular formula is C17H9Cl2FN2O2. The topological polar surface area (TPSA) is 59.4 Å². The van der Waals surface area contributed by atoms with Crippen LogP contribution in [0.25, 0.3) is 0 Å². The first-order valence-corrected chi connectivity index (χ1v) is 7.59. The summed E-state index contributed by atoms with van der Waals surface area (Å²) in [6, 6.07) is 6.70. The predicted molar refractivity (Wildman–Crippen MR) is 89.5 cm³/mol. The average Bonchev–Trinajstić information content (AvgIpc) is 3.05. The number of benzene rings is 1. The molecule has 1 atom stereocenters. The van der Waals surface area contributed by atoms with E-state index < -0.39 is 22.4 Å². The van der Waals surface area contributed by atoms with Crippen molar-refractivity contribution in [3.8, 4) is 0 Å². The highest BCUT2D eigenvalue weighted by Crippen LogP contribution is 2.34. The fourth-order valence-corrected chi connectivity index (χ4v) is 2.67. The summed E-state index contributed by atoms with van der Waals surface area (Å²) in [7, 11) is 0. The predicted octanol–water partition coefficient (Wildman–Crippen LogP) is 3.97. The minimum atomic E-state index is -1.48. The van der Waals surface area contributed by atoms with Gasteiger partial charge in [-0.2, -0.15) is 0 Å². The Kier molecular flexibility index (Phi) is 4.30. The molecule has 24 heavy (non-hydrogen) atoms. The van der Waals surface area contributed by atoms with E-state index in [2.05, 4.69) is 9.98 Å². The van der Waals surface area contributed by atoms with Gasteiger partial charge < -0.3 is 0 Å². The van der Waals surface area contributed by atoms with Crippen molar-refractivity contribution >= 4 is 40.4 Å². The molecule has 0 aliphatic carbocycles. The highest BCUT2D eigenvalue weighted by molar-refractivity contribution is 6.67. The van der Waals surface area contributed by atoms with Gasteiger partial charge in [0, 0.05) is 17.4 Å². The van der Waals surface area contributed by atoms with Crippen molar-refractivity contribution in [1.82, 2.24) is 4.98 Å². The molecule has 0 bridgehead atoms. The number of pyridine rings is 1. The lowest BCUT2D eigenvalue weighted by atomic mass is 9.86. The quantitative estimate of drug-likeness (QED) is 0.610. The van der Waals surface area contributed by atoms with E-state index in [1.807, 2.05) is 0 Å². The largest absolute Gasteiger partial charge is 0.290 e. The molecule has 3 rings (SSSR count). The molecule has 1 aliphatic heterocycles. The number of aromatic nitrogens is 1. The number of nitrogens with zero attached hydrogens (tertiary/aromatic N) is 2. The van der Waals surface area contributed by atoms with Crippen molar-refractivity contribution in [3.63, 3.8) is 0 Å². The maximum Gasteiger partial charge on any atom is 0.253 e. The molecule has 0 saturated heterocycles. The molecule has 2 aromatic rings. The lowest BCUT2D eigenvalue weighted by Crippen LogP contribution is -2.32. The number of hydrogen-bond donors (Lipinski definition) is 0. The first kappa shape index (κ1) is 16.5. The Bertz CT molecular complexity index is 880. The second kappa shape index (κ2) is 6.26. The Morgan fingerprint density at radius 3 is 2.50 bits per heavy atom. The first-order chi connectivity index (χ1) is 11.4. The van der Waals surface area contributed by atoms with E-state index in [-0.39, 0.29) is 21.8 Å². The number of ketones is 1. The molecule has 0 amide bonds. The van der Waals surface area contributed by atoms with Gasteiger partial charge in [-0.25, -0.2) is 4.39 Å². The van der Waals surface area contributed by atoms with Crippen molar-refractivity contribution in [2.45, 2.75) is 5.54 Å². The minimum absolute atomic E-state index is 0.151. The van der Waals surface area contributed by atoms with E-state index >= 15 is 0 Å². The van der Waals surface area contributed by atoms with Gasteiger partial charge in [0.1, 0.15) is 5.82 Å². The van der Waals surface area contributed by atoms with Gasteiger partial charge in [-0.05, 0) is 54.1 Å². The fraction of sp³-hybridized carbons (Fsp3) is 0.0588. The van der Waals surface area contributed by atoms with Crippen LogP contribution < -0.4 is 0 Å². The van der Waals surface area contributed by atoms with Crippen molar-refractivity contribution < 1.29 is 14.0 Å². The molecule has 2 heterocycles. The Labute approximate surface area is 146 Å². The van der Waals surface area contributed by atoms with Gasteiger partial charge in [-0.15, -0.1) is 0 Å². The van der Waals surface area contributed by atoms with Crippen LogP contribution in [0.4, 0.5) is 4.39 Å². The molecule has 1 aromatic carbocycles. The first-order valence-electron chi connectivity index (χ1n) is 6.83. The number of carbonyl (C=O) groups excluding carboxylic acids is 2. The maximum atomic E-state index is 14.1. The number of hydrogen-bond acceptors (Lipinski definition) is 4. The van der Waals surface area contributed by atoms with Gasteiger partial charge in [0.05, 0.1) is 16.8 Å². The number of halogens is 3. The Morgan fingerprint density at radius 2 is 1.96 bits per heavy atom. The third-order valence-electron chi connectivity index (χ3n) is 3.60. The number of aliphatic imine (C=N–C) groups is 1. The second-order valence-corrected chi connectivity index (χ2v) is 5.84. The highest BCUT2D eigenvalue weighted by Gasteiger charge is 2.41. The summed E-state index contributed by atoms with van der Waals surface area (Å²) >= 11 is 11.1. The van der Waals surface area contributed by atoms with Crippen LogP contribution in [-0.2, 0) is 5.54 Å². The van der Waals surface area contributed by atoms with Gasteiger partial charge in [-0.1, -0.05) is 11.6 Å².